The zero-order chi connectivity index (χ0) is 23.8. The summed E-state index contributed by atoms with van der Waals surface area (Å²) >= 11 is 6.64. The average Bonchev–Trinajstić information content (AvgIpc) is 2.73. The molecule has 0 bridgehead atoms. The van der Waals surface area contributed by atoms with E-state index in [2.05, 4.69) is 60.6 Å². The highest BCUT2D eigenvalue weighted by Gasteiger charge is 2.11. The number of nitrogens with zero attached hydrogens (tertiary/aromatic N) is 3. The Balaban J connectivity index is 2.77. The minimum Gasteiger partial charge on any atom is -0.369 e. The van der Waals surface area contributed by atoms with Crippen molar-refractivity contribution in [3.63, 3.8) is 0 Å². The second-order valence-corrected chi connectivity index (χ2v) is 9.89. The Morgan fingerprint density at radius 2 is 1.25 bits per heavy atom. The molecule has 0 atom stereocenters. The van der Waals surface area contributed by atoms with Crippen molar-refractivity contribution in [2.75, 3.05) is 13.1 Å². The van der Waals surface area contributed by atoms with Gasteiger partial charge in [0.2, 0.25) is 5.96 Å². The van der Waals surface area contributed by atoms with Gasteiger partial charge in [-0.05, 0) is 56.8 Å². The van der Waals surface area contributed by atoms with Crippen molar-refractivity contribution >= 4 is 49.5 Å². The van der Waals surface area contributed by atoms with E-state index in [9.17, 15) is 4.39 Å². The van der Waals surface area contributed by atoms with Gasteiger partial charge >= 0.3 is 0 Å². The van der Waals surface area contributed by atoms with Crippen LogP contribution in [0.15, 0.2) is 31.1 Å². The number of aliphatic imine (C=N–C) groups is 2. The van der Waals surface area contributed by atoms with Crippen LogP contribution in [-0.2, 0) is 0 Å². The van der Waals surface area contributed by atoms with E-state index >= 15 is 0 Å². The first-order valence-corrected chi connectivity index (χ1v) is 13.5. The fourth-order valence-electron chi connectivity index (χ4n) is 3.48. The third kappa shape index (κ3) is 12.2. The summed E-state index contributed by atoms with van der Waals surface area (Å²) < 4.78 is 14.5. The number of halogens is 3. The van der Waals surface area contributed by atoms with Crippen molar-refractivity contribution in [1.29, 1.82) is 0 Å². The van der Waals surface area contributed by atoms with Gasteiger partial charge in [-0.25, -0.2) is 9.38 Å². The molecule has 0 aromatic heterocycles. The molecule has 1 aromatic carbocycles. The Bertz CT molecular complexity index is 685. The molecule has 0 aliphatic carbocycles. The van der Waals surface area contributed by atoms with Gasteiger partial charge < -0.3 is 16.4 Å². The SMILES string of the molecule is CCCCCCCCN(CCCCCCCC)C(N)=NC(N)=Nc1c(Br)cc(F)cc1Br. The van der Waals surface area contributed by atoms with Crippen LogP contribution in [0.3, 0.4) is 0 Å². The Labute approximate surface area is 210 Å². The molecule has 0 spiro atoms. The molecular formula is C24H40Br2FN5. The summed E-state index contributed by atoms with van der Waals surface area (Å²) in [4.78, 5) is 10.8. The van der Waals surface area contributed by atoms with E-state index in [0.717, 1.165) is 25.9 Å². The smallest absolute Gasteiger partial charge is 0.223 e. The largest absolute Gasteiger partial charge is 0.369 e. The molecule has 32 heavy (non-hydrogen) atoms. The first-order chi connectivity index (χ1) is 15.4. The predicted molar refractivity (Wildman–Crippen MR) is 143 cm³/mol. The van der Waals surface area contributed by atoms with Crippen LogP contribution >= 0.6 is 31.9 Å². The summed E-state index contributed by atoms with van der Waals surface area (Å²) in [5.74, 6) is 0.0717. The van der Waals surface area contributed by atoms with Crippen molar-refractivity contribution in [1.82, 2.24) is 4.90 Å². The van der Waals surface area contributed by atoms with E-state index in [4.69, 9.17) is 11.5 Å². The maximum absolute atomic E-state index is 13.5. The van der Waals surface area contributed by atoms with Gasteiger partial charge in [0.15, 0.2) is 5.96 Å². The standard InChI is InChI=1S/C24H40Br2FN5/c1-3-5-7-9-11-13-15-32(16-14-12-10-8-6-4-2)24(29)31-23(28)30-22-20(25)17-19(27)18-21(22)26/h17-18H,3-16H2,1-2H3,(H4,28,29,30,31). The number of benzene rings is 1. The first kappa shape index (κ1) is 28.9. The number of hydrogen-bond donors (Lipinski definition) is 2. The molecule has 0 heterocycles. The predicted octanol–water partition coefficient (Wildman–Crippen LogP) is 7.63. The summed E-state index contributed by atoms with van der Waals surface area (Å²) in [5, 5.41) is 0. The Kier molecular flexibility index (Phi) is 15.7. The molecule has 0 saturated heterocycles. The van der Waals surface area contributed by atoms with Crippen molar-refractivity contribution in [2.24, 2.45) is 21.5 Å². The molecule has 0 saturated carbocycles. The van der Waals surface area contributed by atoms with E-state index < -0.39 is 0 Å². The molecule has 4 N–H and O–H groups in total. The van der Waals surface area contributed by atoms with Crippen LogP contribution in [0, 0.1) is 5.82 Å². The number of unbranched alkanes of at least 4 members (excludes halogenated alkanes) is 10. The van der Waals surface area contributed by atoms with Crippen LogP contribution in [-0.4, -0.2) is 29.9 Å². The number of rotatable bonds is 15. The van der Waals surface area contributed by atoms with Crippen molar-refractivity contribution < 1.29 is 4.39 Å². The lowest BCUT2D eigenvalue weighted by Crippen LogP contribution is -2.40. The van der Waals surface area contributed by atoms with E-state index in [-0.39, 0.29) is 11.8 Å². The molecule has 0 aliphatic heterocycles. The normalized spacial score (nSPS) is 12.4. The minimum absolute atomic E-state index is 0.0476. The molecule has 5 nitrogen and oxygen atoms in total. The number of hydrogen-bond acceptors (Lipinski definition) is 1. The van der Waals surface area contributed by atoms with Gasteiger partial charge in [-0.15, -0.1) is 0 Å². The quantitative estimate of drug-likeness (QED) is 0.128. The van der Waals surface area contributed by atoms with Crippen LogP contribution in [0.4, 0.5) is 10.1 Å². The summed E-state index contributed by atoms with van der Waals surface area (Å²) in [6.45, 7) is 6.20. The third-order valence-corrected chi connectivity index (χ3v) is 6.53. The lowest BCUT2D eigenvalue weighted by atomic mass is 10.1. The fraction of sp³-hybridized carbons (Fsp3) is 0.667. The molecule has 0 unspecified atom stereocenters. The van der Waals surface area contributed by atoms with Gasteiger partial charge in [0, 0.05) is 22.0 Å². The van der Waals surface area contributed by atoms with Crippen LogP contribution in [0.25, 0.3) is 0 Å². The Morgan fingerprint density at radius 1 is 0.812 bits per heavy atom. The van der Waals surface area contributed by atoms with Crippen LogP contribution in [0.5, 0.6) is 0 Å². The number of guanidine groups is 2. The lowest BCUT2D eigenvalue weighted by Gasteiger charge is -2.23. The lowest BCUT2D eigenvalue weighted by molar-refractivity contribution is 0.381. The summed E-state index contributed by atoms with van der Waals surface area (Å²) in [5.41, 5.74) is 12.9. The molecule has 1 rings (SSSR count). The summed E-state index contributed by atoms with van der Waals surface area (Å²) in [6, 6.07) is 2.68. The second kappa shape index (κ2) is 17.3. The zero-order valence-electron chi connectivity index (χ0n) is 19.7. The van der Waals surface area contributed by atoms with Gasteiger partial charge in [0.05, 0.1) is 5.69 Å². The molecule has 0 aliphatic rings. The second-order valence-electron chi connectivity index (χ2n) is 8.18. The van der Waals surface area contributed by atoms with Crippen LogP contribution < -0.4 is 11.5 Å². The van der Waals surface area contributed by atoms with Crippen LogP contribution in [0.2, 0.25) is 0 Å². The Morgan fingerprint density at radius 3 is 1.72 bits per heavy atom. The zero-order valence-corrected chi connectivity index (χ0v) is 22.9. The molecule has 0 amide bonds. The fourth-order valence-corrected chi connectivity index (χ4v) is 4.78. The first-order valence-electron chi connectivity index (χ1n) is 12.0. The van der Waals surface area contributed by atoms with Gasteiger partial charge in [0.1, 0.15) is 5.82 Å². The molecule has 182 valence electrons. The molecule has 8 heteroatoms. The summed E-state index contributed by atoms with van der Waals surface area (Å²) in [7, 11) is 0. The highest BCUT2D eigenvalue weighted by molar-refractivity contribution is 9.11. The molecular weight excluding hydrogens is 537 g/mol. The maximum atomic E-state index is 13.5. The van der Waals surface area contributed by atoms with Gasteiger partial charge in [0.25, 0.3) is 0 Å². The van der Waals surface area contributed by atoms with E-state index in [0.29, 0.717) is 20.6 Å². The third-order valence-electron chi connectivity index (χ3n) is 5.32. The summed E-state index contributed by atoms with van der Waals surface area (Å²) in [6.07, 6.45) is 14.8. The van der Waals surface area contributed by atoms with Crippen LogP contribution in [0.1, 0.15) is 90.9 Å². The van der Waals surface area contributed by atoms with Gasteiger partial charge in [-0.2, -0.15) is 4.99 Å². The van der Waals surface area contributed by atoms with Gasteiger partial charge in [-0.3, -0.25) is 0 Å². The van der Waals surface area contributed by atoms with Gasteiger partial charge in [-0.1, -0.05) is 78.1 Å². The minimum atomic E-state index is -0.367. The van der Waals surface area contributed by atoms with E-state index in [1.165, 1.54) is 76.3 Å². The highest BCUT2D eigenvalue weighted by atomic mass is 79.9. The molecule has 1 aromatic rings. The monoisotopic (exact) mass is 575 g/mol. The maximum Gasteiger partial charge on any atom is 0.223 e. The topological polar surface area (TPSA) is 80.0 Å². The van der Waals surface area contributed by atoms with Crippen molar-refractivity contribution in [3.05, 3.63) is 26.9 Å². The van der Waals surface area contributed by atoms with E-state index in [1.807, 2.05) is 0 Å². The highest BCUT2D eigenvalue weighted by Crippen LogP contribution is 2.34. The molecule has 0 radical (unpaired) electrons. The number of nitrogens with two attached hydrogens (primary N) is 2. The Hall–Kier alpha value is -1.15. The van der Waals surface area contributed by atoms with E-state index in [1.54, 1.807) is 0 Å². The van der Waals surface area contributed by atoms with Crippen molar-refractivity contribution in [3.8, 4) is 0 Å². The molecule has 0 fully saturated rings. The average molecular weight is 577 g/mol. The van der Waals surface area contributed by atoms with Crippen molar-refractivity contribution in [2.45, 2.75) is 90.9 Å².